The molecule has 0 unspecified atom stereocenters. The zero-order valence-corrected chi connectivity index (χ0v) is 60.0. The number of esters is 1. The normalized spacial score (nSPS) is 23.0. The largest absolute Gasteiger partial charge is 0.508 e. The van der Waals surface area contributed by atoms with Crippen molar-refractivity contribution in [2.45, 2.75) is 205 Å². The number of hydrogen-bond acceptors (Lipinski definition) is 23. The molecule has 572 valence electrons. The molecule has 1 fully saturated rings. The Morgan fingerprint density at radius 2 is 1.28 bits per heavy atom. The third kappa shape index (κ3) is 27.2. The minimum absolute atomic E-state index is 0.0274. The summed E-state index contributed by atoms with van der Waals surface area (Å²) in [6, 6.07) is -15.0. The lowest BCUT2D eigenvalue weighted by molar-refractivity contribution is -0.161. The number of likely N-dealkylation sites (N-methyl/N-ethyl adjacent to an activating group) is 2. The number of cyclic esters (lactones) is 1. The van der Waals surface area contributed by atoms with Crippen molar-refractivity contribution in [3.05, 3.63) is 42.0 Å². The van der Waals surface area contributed by atoms with Crippen LogP contribution in [0.3, 0.4) is 0 Å². The van der Waals surface area contributed by atoms with Gasteiger partial charge in [-0.15, -0.1) is 0 Å². The van der Waals surface area contributed by atoms with Crippen molar-refractivity contribution in [2.24, 2.45) is 46.6 Å². The van der Waals surface area contributed by atoms with Crippen LogP contribution in [0.1, 0.15) is 119 Å². The van der Waals surface area contributed by atoms with Gasteiger partial charge in [-0.1, -0.05) is 72.2 Å². The van der Waals surface area contributed by atoms with Gasteiger partial charge in [0.05, 0.1) is 31.8 Å². The number of aliphatic hydroxyl groups excluding tert-OH is 3. The van der Waals surface area contributed by atoms with Gasteiger partial charge in [-0.25, -0.2) is 4.79 Å². The molecule has 1 saturated heterocycles. The molecule has 1 heterocycles. The van der Waals surface area contributed by atoms with Crippen LogP contribution < -0.4 is 70.8 Å². The fraction of sp³-hybridized carbons (Fsp3) is 0.646. The second-order valence-corrected chi connectivity index (χ2v) is 25.9. The topological polar surface area (TPSA) is 583 Å². The van der Waals surface area contributed by atoms with Gasteiger partial charge in [0.15, 0.2) is 6.10 Å². The van der Waals surface area contributed by atoms with E-state index >= 15 is 9.59 Å². The maximum absolute atomic E-state index is 15.0. The Morgan fingerprint density at radius 1 is 0.706 bits per heavy atom. The molecule has 37 heteroatoms. The number of primary amides is 3. The molecular weight excluding hydrogens is 1340 g/mol. The molecule has 21 N–H and O–H groups in total. The molecule has 0 aliphatic carbocycles. The van der Waals surface area contributed by atoms with Gasteiger partial charge in [0.2, 0.25) is 82.7 Å². The van der Waals surface area contributed by atoms with E-state index < -0.39 is 230 Å². The molecule has 19 atom stereocenters. The summed E-state index contributed by atoms with van der Waals surface area (Å²) >= 11 is 0. The fourth-order valence-electron chi connectivity index (χ4n) is 10.6. The number of methoxy groups -OCH3 is 2. The summed E-state index contributed by atoms with van der Waals surface area (Å²) in [4.78, 5) is 211. The summed E-state index contributed by atoms with van der Waals surface area (Å²) in [6.07, 6.45) is -6.11. The molecule has 0 bridgehead atoms. The Bertz CT molecular complexity index is 3140. The third-order valence-electron chi connectivity index (χ3n) is 17.0. The van der Waals surface area contributed by atoms with E-state index in [0.29, 0.717) is 0 Å². The number of amides is 14. The van der Waals surface area contributed by atoms with Crippen LogP contribution in [0.15, 0.2) is 36.4 Å². The third-order valence-corrected chi connectivity index (χ3v) is 17.0. The van der Waals surface area contributed by atoms with Crippen LogP contribution in [-0.4, -0.2) is 251 Å². The number of nitrogens with two attached hydrogens (primary N) is 4. The van der Waals surface area contributed by atoms with Crippen molar-refractivity contribution in [1.82, 2.24) is 57.7 Å². The highest BCUT2D eigenvalue weighted by Crippen LogP contribution is 2.26. The molecule has 1 aliphatic rings. The molecule has 0 radical (unpaired) electrons. The molecule has 1 aromatic carbocycles. The van der Waals surface area contributed by atoms with Crippen molar-refractivity contribution >= 4 is 88.7 Å². The van der Waals surface area contributed by atoms with Crippen molar-refractivity contribution < 1.29 is 107 Å². The number of phenols is 1. The van der Waals surface area contributed by atoms with E-state index in [1.807, 2.05) is 13.8 Å². The van der Waals surface area contributed by atoms with E-state index in [0.717, 1.165) is 50.6 Å². The van der Waals surface area contributed by atoms with Gasteiger partial charge in [0.25, 0.3) is 0 Å². The Labute approximate surface area is 591 Å². The first kappa shape index (κ1) is 88.7. The number of nitrogens with zero attached hydrogens (tertiary/aromatic N) is 2. The first-order valence-corrected chi connectivity index (χ1v) is 33.1. The highest BCUT2D eigenvalue weighted by molar-refractivity contribution is 6.01. The first-order valence-electron chi connectivity index (χ1n) is 33.1. The van der Waals surface area contributed by atoms with Crippen LogP contribution in [0.2, 0.25) is 0 Å². The number of carbonyl (C=O) groups is 15. The number of aliphatic hydroxyl groups is 3. The van der Waals surface area contributed by atoms with Gasteiger partial charge < -0.3 is 115 Å². The van der Waals surface area contributed by atoms with Crippen molar-refractivity contribution in [1.29, 1.82) is 0 Å². The van der Waals surface area contributed by atoms with Gasteiger partial charge in [-0.05, 0) is 82.4 Å². The van der Waals surface area contributed by atoms with Crippen LogP contribution in [-0.2, 0) is 86.1 Å². The van der Waals surface area contributed by atoms with Crippen LogP contribution in [0, 0.1) is 23.7 Å². The van der Waals surface area contributed by atoms with Gasteiger partial charge in [0, 0.05) is 46.7 Å². The molecule has 0 saturated carbocycles. The van der Waals surface area contributed by atoms with Crippen LogP contribution in [0.4, 0.5) is 0 Å². The average Bonchev–Trinajstić information content (AvgIpc) is 0.813. The molecule has 0 spiro atoms. The summed E-state index contributed by atoms with van der Waals surface area (Å²) in [6.45, 7) is 12.7. The number of benzene rings is 1. The van der Waals surface area contributed by atoms with Crippen molar-refractivity contribution in [2.75, 3.05) is 41.5 Å². The molecule has 0 aromatic heterocycles. The number of allylic oxidation sites excluding steroid dienone is 1. The number of aromatic hydroxyl groups is 1. The van der Waals surface area contributed by atoms with Gasteiger partial charge in [-0.2, -0.15) is 0 Å². The number of carbonyl (C=O) groups excluding carboxylic acids is 15. The number of nitrogens with one attached hydrogen (secondary N) is 9. The van der Waals surface area contributed by atoms with Crippen molar-refractivity contribution in [3.8, 4) is 5.75 Å². The highest BCUT2D eigenvalue weighted by Gasteiger charge is 2.45. The molecule has 37 nitrogen and oxygen atoms in total. The standard InChI is InChI=1S/C65H105N15O22/c1-15-16-30(4)17-20-39(83)26-44(85)73-50(52(87)55(69)89)62(96)76-48(35(9)81)60(94)75-47(33(7)66)59(93)74-46(31(5)32(6)54(68)88)58(92)77-49-36(10)102-65(99)34(8)79(11)64(98)51(53(101-14)37-18-21-38(82)22-19-37)78-57(91)42(23-24-43(67)84)80(12)63(97)40(25-29(2)3)71-45(86)27-70-56(90)41(28-100-13)72-61(49)95/h17-22,29-36,39-42,46-53,81-83,87H,15-16,23-28,66H2,1-14H3,(H2,67,84)(H2,68,88)(H2,69,89)(H,70,90)(H,71,86)(H,72,95)(H,73,85)(H,74,93)(H,75,94)(H,76,96)(H,77,92)(H,78,91)/b20-17-/t30-,31-,32+,33-,34-,35+,36+,39+,40-,41+,42-,46-,47-,48-,49+,50+,51+,52-,53+/m0/s1. The predicted octanol–water partition coefficient (Wildman–Crippen LogP) is -6.27. The van der Waals surface area contributed by atoms with Gasteiger partial charge in [0.1, 0.15) is 78.4 Å². The SMILES string of the molecule is CCC[C@H](C)/C=C\[C@@H](O)CC(=O)N[C@@H](C(=O)N[C@H](C(=O)N[C@H](C(=O)N[C@H](C(=O)N[C@H]1C(=O)N[C@H](COC)C(=O)NCC(=O)N[C@@H](CC(C)C)C(=O)N(C)[C@@H](CCC(N)=O)C(=O)N[C@H]([C@H](OC)c2ccc(O)cc2)C(=O)N(C)[C@@H](C)C(=O)O[C@@H]1C)[C@@H](C)[C@@H](C)C(N)=O)[C@H](C)N)[C@@H](C)O)[C@H](O)C(N)=O. The number of phenolic OH excluding ortho intramolecular Hbond substituents is 1. The van der Waals surface area contributed by atoms with Crippen LogP contribution in [0.5, 0.6) is 5.75 Å². The summed E-state index contributed by atoms with van der Waals surface area (Å²) in [5.41, 5.74) is 22.9. The van der Waals surface area contributed by atoms with E-state index in [-0.39, 0.29) is 29.6 Å². The number of ether oxygens (including phenoxy) is 3. The lowest BCUT2D eigenvalue weighted by Gasteiger charge is -2.36. The lowest BCUT2D eigenvalue weighted by atomic mass is 9.87. The maximum Gasteiger partial charge on any atom is 0.328 e. The second-order valence-electron chi connectivity index (χ2n) is 25.9. The number of hydrogen-bond donors (Lipinski definition) is 17. The first-order chi connectivity index (χ1) is 47.5. The monoisotopic (exact) mass is 1450 g/mol. The molecule has 14 amide bonds. The zero-order valence-electron chi connectivity index (χ0n) is 60.0. The molecule has 102 heavy (non-hydrogen) atoms. The summed E-state index contributed by atoms with van der Waals surface area (Å²) in [5.74, 6) is -21.0. The summed E-state index contributed by atoms with van der Waals surface area (Å²) < 4.78 is 16.8. The smallest absolute Gasteiger partial charge is 0.328 e. The van der Waals surface area contributed by atoms with E-state index in [1.165, 1.54) is 72.2 Å². The molecule has 1 aromatic rings. The Kier molecular flexibility index (Phi) is 36.6. The quantitative estimate of drug-likeness (QED) is 0.0236. The lowest BCUT2D eigenvalue weighted by Crippen LogP contribution is -2.66. The van der Waals surface area contributed by atoms with Crippen LogP contribution >= 0.6 is 0 Å². The average molecular weight is 1450 g/mol. The second kappa shape index (κ2) is 42.1. The molecule has 2 rings (SSSR count). The minimum Gasteiger partial charge on any atom is -0.508 e. The summed E-state index contributed by atoms with van der Waals surface area (Å²) in [7, 11) is 4.62. The van der Waals surface area contributed by atoms with E-state index in [9.17, 15) is 82.8 Å². The zero-order chi connectivity index (χ0) is 77.9. The van der Waals surface area contributed by atoms with Crippen molar-refractivity contribution in [3.63, 3.8) is 0 Å². The van der Waals surface area contributed by atoms with Gasteiger partial charge >= 0.3 is 5.97 Å². The number of rotatable bonds is 32. The minimum atomic E-state index is -2.45. The molecular formula is C65H105N15O22. The Balaban J connectivity index is 2.86. The van der Waals surface area contributed by atoms with E-state index in [2.05, 4.69) is 47.9 Å². The fourth-order valence-corrected chi connectivity index (χ4v) is 10.6. The Morgan fingerprint density at radius 3 is 1.81 bits per heavy atom. The van der Waals surface area contributed by atoms with Crippen LogP contribution in [0.25, 0.3) is 0 Å². The van der Waals surface area contributed by atoms with E-state index in [1.54, 1.807) is 19.9 Å². The maximum atomic E-state index is 15.0. The van der Waals surface area contributed by atoms with E-state index in [4.69, 9.17) is 37.1 Å². The predicted molar refractivity (Wildman–Crippen MR) is 362 cm³/mol. The highest BCUT2D eigenvalue weighted by atomic mass is 16.5. The summed E-state index contributed by atoms with van der Waals surface area (Å²) in [5, 5.41) is 63.1. The van der Waals surface area contributed by atoms with Gasteiger partial charge in [-0.3, -0.25) is 67.1 Å². The Hall–Kier alpha value is -9.43. The molecule has 1 aliphatic heterocycles.